The molecule has 4 unspecified atom stereocenters. The highest BCUT2D eigenvalue weighted by molar-refractivity contribution is 5.96. The maximum absolute atomic E-state index is 12.7. The molecular weight excluding hydrogens is 446 g/mol. The number of aliphatic carboxylic acids is 3. The van der Waals surface area contributed by atoms with Crippen molar-refractivity contribution in [2.45, 2.75) is 62.7 Å². The summed E-state index contributed by atoms with van der Waals surface area (Å²) < 4.78 is 0. The molecule has 184 valence electrons. The van der Waals surface area contributed by atoms with Crippen LogP contribution in [-0.4, -0.2) is 87.6 Å². The Morgan fingerprint density at radius 1 is 0.848 bits per heavy atom. The molecule has 0 aromatic heterocycles. The average molecular weight is 473 g/mol. The molecule has 0 spiro atoms. The fourth-order valence-electron chi connectivity index (χ4n) is 3.05. The van der Waals surface area contributed by atoms with E-state index in [0.717, 1.165) is 6.42 Å². The molecule has 0 radical (unpaired) electrons. The van der Waals surface area contributed by atoms with E-state index < -0.39 is 85.0 Å². The Labute approximate surface area is 187 Å². The molecule has 15 heteroatoms. The Hall–Kier alpha value is -3.75. The van der Waals surface area contributed by atoms with E-state index in [1.165, 1.54) is 0 Å². The molecule has 0 aliphatic carbocycles. The van der Waals surface area contributed by atoms with Gasteiger partial charge in [-0.25, -0.2) is 4.79 Å². The van der Waals surface area contributed by atoms with Gasteiger partial charge in [-0.05, 0) is 25.8 Å². The Kier molecular flexibility index (Phi) is 10.7. The summed E-state index contributed by atoms with van der Waals surface area (Å²) in [6, 6.07) is -5.54. The first kappa shape index (κ1) is 27.3. The van der Waals surface area contributed by atoms with Gasteiger partial charge < -0.3 is 42.3 Å². The van der Waals surface area contributed by atoms with Crippen molar-refractivity contribution in [1.82, 2.24) is 21.3 Å². The van der Waals surface area contributed by atoms with Crippen molar-refractivity contribution < 1.29 is 48.9 Å². The third-order valence-electron chi connectivity index (χ3n) is 4.69. The van der Waals surface area contributed by atoms with Crippen molar-refractivity contribution >= 4 is 41.5 Å². The molecule has 9 N–H and O–H groups in total. The maximum Gasteiger partial charge on any atom is 0.326 e. The van der Waals surface area contributed by atoms with Gasteiger partial charge in [0.1, 0.15) is 18.1 Å². The highest BCUT2D eigenvalue weighted by Gasteiger charge is 2.33. The average Bonchev–Trinajstić information content (AvgIpc) is 3.23. The molecule has 33 heavy (non-hydrogen) atoms. The molecule has 0 aromatic carbocycles. The van der Waals surface area contributed by atoms with E-state index in [1.807, 2.05) is 5.32 Å². The van der Waals surface area contributed by atoms with Gasteiger partial charge in [-0.15, -0.1) is 0 Å². The summed E-state index contributed by atoms with van der Waals surface area (Å²) in [5.74, 6) is -8.25. The van der Waals surface area contributed by atoms with Gasteiger partial charge in [-0.3, -0.25) is 28.8 Å². The van der Waals surface area contributed by atoms with E-state index >= 15 is 0 Å². The smallest absolute Gasteiger partial charge is 0.326 e. The van der Waals surface area contributed by atoms with Crippen LogP contribution in [0.1, 0.15) is 38.5 Å². The third kappa shape index (κ3) is 9.94. The van der Waals surface area contributed by atoms with Gasteiger partial charge in [0.25, 0.3) is 0 Å². The summed E-state index contributed by atoms with van der Waals surface area (Å²) >= 11 is 0. The van der Waals surface area contributed by atoms with Gasteiger partial charge in [0, 0.05) is 6.42 Å². The zero-order valence-corrected chi connectivity index (χ0v) is 17.5. The second kappa shape index (κ2) is 12.9. The van der Waals surface area contributed by atoms with Crippen molar-refractivity contribution in [2.24, 2.45) is 5.73 Å². The molecular formula is C18H27N5O10. The van der Waals surface area contributed by atoms with Crippen LogP contribution in [0.4, 0.5) is 0 Å². The number of nitrogens with two attached hydrogens (primary N) is 1. The van der Waals surface area contributed by atoms with Crippen LogP contribution < -0.4 is 27.0 Å². The lowest BCUT2D eigenvalue weighted by Crippen LogP contribution is -2.57. The number of hydrogen-bond acceptors (Lipinski definition) is 8. The first-order chi connectivity index (χ1) is 15.4. The molecule has 0 saturated carbocycles. The van der Waals surface area contributed by atoms with E-state index in [1.54, 1.807) is 0 Å². The standard InChI is InChI=1S/C18H27N5O10/c19-12(24)6-11(18(32)33)23-17(31)10(7-14(27)28)22-16(30)9(3-4-13(25)26)21-15(29)8-2-1-5-20-8/h8-11,20H,1-7H2,(H2,19,24)(H,21,29)(H,22,30)(H,23,31)(H,25,26)(H,27,28)(H,32,33). The van der Waals surface area contributed by atoms with Gasteiger partial charge in [-0.1, -0.05) is 0 Å². The first-order valence-electron chi connectivity index (χ1n) is 9.99. The first-order valence-corrected chi connectivity index (χ1v) is 9.99. The minimum Gasteiger partial charge on any atom is -0.481 e. The number of carbonyl (C=O) groups excluding carboxylic acids is 4. The highest BCUT2D eigenvalue weighted by Crippen LogP contribution is 2.07. The fraction of sp³-hybridized carbons (Fsp3) is 0.611. The third-order valence-corrected chi connectivity index (χ3v) is 4.69. The molecule has 1 rings (SSSR count). The van der Waals surface area contributed by atoms with Crippen LogP contribution in [0.5, 0.6) is 0 Å². The quantitative estimate of drug-likeness (QED) is 0.123. The van der Waals surface area contributed by atoms with Crippen LogP contribution in [0.15, 0.2) is 0 Å². The molecule has 0 aromatic rings. The second-order valence-electron chi connectivity index (χ2n) is 7.37. The molecule has 1 heterocycles. The summed E-state index contributed by atoms with van der Waals surface area (Å²) in [4.78, 5) is 81.8. The number of nitrogens with one attached hydrogen (secondary N) is 4. The molecule has 1 aliphatic heterocycles. The molecule has 1 saturated heterocycles. The number of carboxylic acids is 3. The molecule has 0 bridgehead atoms. The van der Waals surface area contributed by atoms with Crippen molar-refractivity contribution in [3.8, 4) is 0 Å². The van der Waals surface area contributed by atoms with E-state index in [0.29, 0.717) is 13.0 Å². The van der Waals surface area contributed by atoms with Crippen molar-refractivity contribution in [1.29, 1.82) is 0 Å². The molecule has 4 amide bonds. The summed E-state index contributed by atoms with van der Waals surface area (Å²) in [6.45, 7) is 0.584. The lowest BCUT2D eigenvalue weighted by Gasteiger charge is -2.24. The van der Waals surface area contributed by atoms with Gasteiger partial charge in [0.2, 0.25) is 23.6 Å². The normalized spacial score (nSPS) is 17.8. The highest BCUT2D eigenvalue weighted by atomic mass is 16.4. The van der Waals surface area contributed by atoms with Crippen molar-refractivity contribution in [3.05, 3.63) is 0 Å². The molecule has 1 fully saturated rings. The van der Waals surface area contributed by atoms with Crippen molar-refractivity contribution in [2.75, 3.05) is 6.54 Å². The number of carbonyl (C=O) groups is 7. The fourth-order valence-corrected chi connectivity index (χ4v) is 3.05. The van der Waals surface area contributed by atoms with E-state index in [2.05, 4.69) is 16.0 Å². The van der Waals surface area contributed by atoms with Gasteiger partial charge >= 0.3 is 17.9 Å². The van der Waals surface area contributed by atoms with E-state index in [4.69, 9.17) is 21.1 Å². The number of rotatable bonds is 14. The largest absolute Gasteiger partial charge is 0.481 e. The summed E-state index contributed by atoms with van der Waals surface area (Å²) in [7, 11) is 0. The van der Waals surface area contributed by atoms with Gasteiger partial charge in [0.15, 0.2) is 0 Å². The lowest BCUT2D eigenvalue weighted by molar-refractivity contribution is -0.144. The predicted molar refractivity (Wildman–Crippen MR) is 107 cm³/mol. The van der Waals surface area contributed by atoms with Crippen molar-refractivity contribution in [3.63, 3.8) is 0 Å². The Morgan fingerprint density at radius 2 is 1.45 bits per heavy atom. The van der Waals surface area contributed by atoms with Crippen LogP contribution >= 0.6 is 0 Å². The van der Waals surface area contributed by atoms with Crippen LogP contribution in [-0.2, 0) is 33.6 Å². The number of primary amides is 1. The lowest BCUT2D eigenvalue weighted by atomic mass is 10.1. The zero-order valence-electron chi connectivity index (χ0n) is 17.5. The van der Waals surface area contributed by atoms with Gasteiger partial charge in [-0.2, -0.15) is 0 Å². The summed E-state index contributed by atoms with van der Waals surface area (Å²) in [6.07, 6.45) is -1.36. The van der Waals surface area contributed by atoms with Crippen LogP contribution in [0.25, 0.3) is 0 Å². The van der Waals surface area contributed by atoms with Crippen LogP contribution in [0, 0.1) is 0 Å². The van der Waals surface area contributed by atoms with E-state index in [9.17, 15) is 33.6 Å². The SMILES string of the molecule is NC(=O)CC(NC(=O)C(CC(=O)O)NC(=O)C(CCC(=O)O)NC(=O)C1CCCN1)C(=O)O. The van der Waals surface area contributed by atoms with Gasteiger partial charge in [0.05, 0.1) is 18.9 Å². The summed E-state index contributed by atoms with van der Waals surface area (Å²) in [5, 5.41) is 36.4. The predicted octanol–water partition coefficient (Wildman–Crippen LogP) is -3.51. The Bertz CT molecular complexity index is 795. The minimum atomic E-state index is -1.78. The topological polar surface area (TPSA) is 254 Å². The Balaban J connectivity index is 2.96. The second-order valence-corrected chi connectivity index (χ2v) is 7.37. The number of carboxylic acid groups (broad SMARTS) is 3. The molecule has 4 atom stereocenters. The van der Waals surface area contributed by atoms with Crippen LogP contribution in [0.3, 0.4) is 0 Å². The number of hydrogen-bond donors (Lipinski definition) is 8. The monoisotopic (exact) mass is 473 g/mol. The molecule has 15 nitrogen and oxygen atoms in total. The zero-order chi connectivity index (χ0) is 25.1. The maximum atomic E-state index is 12.7. The minimum absolute atomic E-state index is 0.347. The van der Waals surface area contributed by atoms with Crippen LogP contribution in [0.2, 0.25) is 0 Å². The number of amides is 4. The van der Waals surface area contributed by atoms with E-state index in [-0.39, 0.29) is 6.42 Å². The Morgan fingerprint density at radius 3 is 1.94 bits per heavy atom. The summed E-state index contributed by atoms with van der Waals surface area (Å²) in [5.41, 5.74) is 4.93. The molecule has 1 aliphatic rings.